The molecule has 0 aromatic heterocycles. The Kier molecular flexibility index (Phi) is 3.66. The van der Waals surface area contributed by atoms with Crippen molar-refractivity contribution in [3.8, 4) is 5.75 Å². The summed E-state index contributed by atoms with van der Waals surface area (Å²) in [4.78, 5) is 21.5. The molecule has 0 amide bonds. The topological polar surface area (TPSA) is 83.8 Å². The summed E-state index contributed by atoms with van der Waals surface area (Å²) in [5, 5.41) is 17.8. The summed E-state index contributed by atoms with van der Waals surface area (Å²) in [7, 11) is 1.20. The maximum atomic E-state index is 11.2. The van der Waals surface area contributed by atoms with E-state index < -0.39 is 11.9 Å². The van der Waals surface area contributed by atoms with Crippen LogP contribution in [0.2, 0.25) is 0 Å². The van der Waals surface area contributed by atoms with E-state index in [1.165, 1.54) is 31.4 Å². The average Bonchev–Trinajstić information content (AvgIpc) is 2.27. The zero-order chi connectivity index (χ0) is 12.1. The Hall–Kier alpha value is -2.30. The molecule has 0 heterocycles. The van der Waals surface area contributed by atoms with Crippen LogP contribution in [0.25, 0.3) is 6.08 Å². The number of carbonyl (C=O) groups is 2. The first kappa shape index (κ1) is 11.8. The molecule has 1 aromatic rings. The second-order valence-corrected chi connectivity index (χ2v) is 2.94. The second kappa shape index (κ2) is 4.97. The van der Waals surface area contributed by atoms with Crippen LogP contribution in [0.4, 0.5) is 0 Å². The molecule has 0 bridgehead atoms. The van der Waals surface area contributed by atoms with E-state index in [1.807, 2.05) is 0 Å². The highest BCUT2D eigenvalue weighted by Crippen LogP contribution is 2.20. The SMILES string of the molecule is COC(=O)c1cc(/C=C/C(=O)O)ccc1O. The van der Waals surface area contributed by atoms with E-state index >= 15 is 0 Å². The van der Waals surface area contributed by atoms with Crippen molar-refractivity contribution in [2.24, 2.45) is 0 Å². The third-order valence-corrected chi connectivity index (χ3v) is 1.84. The highest BCUT2D eigenvalue weighted by Gasteiger charge is 2.11. The molecule has 0 spiro atoms. The van der Waals surface area contributed by atoms with Gasteiger partial charge in [0.05, 0.1) is 7.11 Å². The fraction of sp³-hybridized carbons (Fsp3) is 0.0909. The van der Waals surface area contributed by atoms with Crippen LogP contribution in [0.3, 0.4) is 0 Å². The first-order valence-corrected chi connectivity index (χ1v) is 4.37. The molecule has 0 aliphatic heterocycles. The van der Waals surface area contributed by atoms with E-state index in [9.17, 15) is 14.7 Å². The number of aromatic hydroxyl groups is 1. The van der Waals surface area contributed by atoms with Gasteiger partial charge in [0.25, 0.3) is 0 Å². The molecule has 1 rings (SSSR count). The second-order valence-electron chi connectivity index (χ2n) is 2.94. The number of benzene rings is 1. The Bertz CT molecular complexity index is 448. The van der Waals surface area contributed by atoms with Gasteiger partial charge in [-0.15, -0.1) is 0 Å². The van der Waals surface area contributed by atoms with Crippen LogP contribution in [-0.2, 0) is 9.53 Å². The summed E-state index contributed by atoms with van der Waals surface area (Å²) in [6, 6.07) is 4.13. The number of carboxylic acid groups (broad SMARTS) is 1. The van der Waals surface area contributed by atoms with Gasteiger partial charge in [-0.2, -0.15) is 0 Å². The highest BCUT2D eigenvalue weighted by atomic mass is 16.5. The van der Waals surface area contributed by atoms with E-state index in [2.05, 4.69) is 4.74 Å². The van der Waals surface area contributed by atoms with Gasteiger partial charge in [0, 0.05) is 6.08 Å². The zero-order valence-electron chi connectivity index (χ0n) is 8.51. The van der Waals surface area contributed by atoms with Gasteiger partial charge in [-0.25, -0.2) is 9.59 Å². The number of phenols is 1. The van der Waals surface area contributed by atoms with Gasteiger partial charge in [0.15, 0.2) is 0 Å². The molecule has 16 heavy (non-hydrogen) atoms. The van der Waals surface area contributed by atoms with Crippen molar-refractivity contribution in [2.45, 2.75) is 0 Å². The number of carbonyl (C=O) groups excluding carboxylic acids is 1. The molecule has 2 N–H and O–H groups in total. The third-order valence-electron chi connectivity index (χ3n) is 1.84. The lowest BCUT2D eigenvalue weighted by Gasteiger charge is -2.03. The van der Waals surface area contributed by atoms with Crippen LogP contribution in [0.15, 0.2) is 24.3 Å². The predicted octanol–water partition coefficient (Wildman–Crippen LogP) is 1.28. The largest absolute Gasteiger partial charge is 0.507 e. The molecular weight excluding hydrogens is 212 g/mol. The Morgan fingerprint density at radius 3 is 2.62 bits per heavy atom. The lowest BCUT2D eigenvalue weighted by Crippen LogP contribution is -2.01. The quantitative estimate of drug-likeness (QED) is 0.594. The standard InChI is InChI=1S/C11H10O5/c1-16-11(15)8-6-7(2-4-9(8)12)3-5-10(13)14/h2-6,12H,1H3,(H,13,14)/b5-3+. The summed E-state index contributed by atoms with van der Waals surface area (Å²) >= 11 is 0. The number of phenolic OH excluding ortho intramolecular Hbond substituents is 1. The van der Waals surface area contributed by atoms with Gasteiger partial charge < -0.3 is 14.9 Å². The van der Waals surface area contributed by atoms with Crippen LogP contribution in [0, 0.1) is 0 Å². The first-order chi connectivity index (χ1) is 7.54. The Morgan fingerprint density at radius 1 is 1.38 bits per heavy atom. The monoisotopic (exact) mass is 222 g/mol. The smallest absolute Gasteiger partial charge is 0.341 e. The maximum absolute atomic E-state index is 11.2. The van der Waals surface area contributed by atoms with Crippen molar-refractivity contribution in [3.63, 3.8) is 0 Å². The normalized spacial score (nSPS) is 10.3. The lowest BCUT2D eigenvalue weighted by molar-refractivity contribution is -0.131. The Morgan fingerprint density at radius 2 is 2.06 bits per heavy atom. The number of hydrogen-bond donors (Lipinski definition) is 2. The minimum absolute atomic E-state index is 0.00459. The third kappa shape index (κ3) is 2.84. The summed E-state index contributed by atoms with van der Waals surface area (Å²) < 4.78 is 4.46. The fourth-order valence-corrected chi connectivity index (χ4v) is 1.10. The molecule has 5 heteroatoms. The van der Waals surface area contributed by atoms with Crippen LogP contribution in [0.5, 0.6) is 5.75 Å². The first-order valence-electron chi connectivity index (χ1n) is 4.37. The molecule has 0 aliphatic rings. The van der Waals surface area contributed by atoms with Gasteiger partial charge in [0.2, 0.25) is 0 Å². The van der Waals surface area contributed by atoms with Crippen LogP contribution in [-0.4, -0.2) is 29.3 Å². The van der Waals surface area contributed by atoms with Gasteiger partial charge in [-0.05, 0) is 23.8 Å². The Labute approximate surface area is 91.6 Å². The summed E-state index contributed by atoms with van der Waals surface area (Å²) in [5.74, 6) is -1.98. The van der Waals surface area contributed by atoms with Crippen molar-refractivity contribution in [1.29, 1.82) is 0 Å². The van der Waals surface area contributed by atoms with Crippen LogP contribution < -0.4 is 0 Å². The van der Waals surface area contributed by atoms with Gasteiger partial charge in [-0.3, -0.25) is 0 Å². The molecule has 5 nitrogen and oxygen atoms in total. The van der Waals surface area contributed by atoms with E-state index in [4.69, 9.17) is 5.11 Å². The minimum Gasteiger partial charge on any atom is -0.507 e. The molecule has 0 unspecified atom stereocenters. The van der Waals surface area contributed by atoms with E-state index in [1.54, 1.807) is 0 Å². The van der Waals surface area contributed by atoms with Crippen molar-refractivity contribution in [3.05, 3.63) is 35.4 Å². The van der Waals surface area contributed by atoms with E-state index in [0.717, 1.165) is 6.08 Å². The summed E-state index contributed by atoms with van der Waals surface area (Å²) in [6.45, 7) is 0. The van der Waals surface area contributed by atoms with Crippen LogP contribution >= 0.6 is 0 Å². The van der Waals surface area contributed by atoms with Crippen molar-refractivity contribution in [1.82, 2.24) is 0 Å². The molecule has 0 aliphatic carbocycles. The number of rotatable bonds is 3. The number of methoxy groups -OCH3 is 1. The molecular formula is C11H10O5. The van der Waals surface area contributed by atoms with Gasteiger partial charge >= 0.3 is 11.9 Å². The van der Waals surface area contributed by atoms with Gasteiger partial charge in [0.1, 0.15) is 11.3 Å². The highest BCUT2D eigenvalue weighted by molar-refractivity contribution is 5.93. The predicted molar refractivity (Wildman–Crippen MR) is 56.1 cm³/mol. The number of ether oxygens (including phenoxy) is 1. The zero-order valence-corrected chi connectivity index (χ0v) is 8.51. The molecule has 0 saturated heterocycles. The number of hydrogen-bond acceptors (Lipinski definition) is 4. The van der Waals surface area contributed by atoms with Crippen molar-refractivity contribution < 1.29 is 24.5 Å². The minimum atomic E-state index is -1.09. The average molecular weight is 222 g/mol. The fourth-order valence-electron chi connectivity index (χ4n) is 1.10. The molecule has 0 radical (unpaired) electrons. The molecule has 0 atom stereocenters. The summed E-state index contributed by atoms with van der Waals surface area (Å²) in [5.41, 5.74) is 0.482. The van der Waals surface area contributed by atoms with Gasteiger partial charge in [-0.1, -0.05) is 6.07 Å². The molecule has 1 aromatic carbocycles. The Balaban J connectivity index is 3.07. The number of aliphatic carboxylic acids is 1. The lowest BCUT2D eigenvalue weighted by atomic mass is 10.1. The molecule has 0 fully saturated rings. The number of esters is 1. The van der Waals surface area contributed by atoms with E-state index in [0.29, 0.717) is 5.56 Å². The molecule has 0 saturated carbocycles. The number of carboxylic acids is 1. The maximum Gasteiger partial charge on any atom is 0.341 e. The van der Waals surface area contributed by atoms with Crippen LogP contribution in [0.1, 0.15) is 15.9 Å². The van der Waals surface area contributed by atoms with E-state index in [-0.39, 0.29) is 11.3 Å². The van der Waals surface area contributed by atoms with Crippen molar-refractivity contribution in [2.75, 3.05) is 7.11 Å². The molecule has 84 valence electrons. The summed E-state index contributed by atoms with van der Waals surface area (Å²) in [6.07, 6.45) is 2.25. The van der Waals surface area contributed by atoms with Crippen molar-refractivity contribution >= 4 is 18.0 Å².